The Kier molecular flexibility index (Phi) is 4.51. The first-order valence-corrected chi connectivity index (χ1v) is 7.80. The highest BCUT2D eigenvalue weighted by Crippen LogP contribution is 2.23. The van der Waals surface area contributed by atoms with Gasteiger partial charge in [0.15, 0.2) is 0 Å². The van der Waals surface area contributed by atoms with Crippen molar-refractivity contribution in [1.29, 1.82) is 0 Å². The molecule has 2 rings (SSSR count). The van der Waals surface area contributed by atoms with Gasteiger partial charge in [0.25, 0.3) is 5.56 Å². The summed E-state index contributed by atoms with van der Waals surface area (Å²) < 4.78 is 6.17. The van der Waals surface area contributed by atoms with Gasteiger partial charge in [-0.05, 0) is 24.6 Å². The molecule has 0 saturated carbocycles. The van der Waals surface area contributed by atoms with E-state index in [2.05, 4.69) is 25.9 Å². The van der Waals surface area contributed by atoms with Gasteiger partial charge in [0.1, 0.15) is 4.88 Å². The zero-order valence-corrected chi connectivity index (χ0v) is 14.3. The molecule has 0 fully saturated rings. The summed E-state index contributed by atoms with van der Waals surface area (Å²) in [6.45, 7) is 8.42. The molecule has 0 aliphatic rings. The van der Waals surface area contributed by atoms with Crippen molar-refractivity contribution in [3.8, 4) is 0 Å². The molecule has 0 radical (unpaired) electrons. The van der Waals surface area contributed by atoms with Crippen LogP contribution in [0, 0.1) is 6.92 Å². The molecule has 0 aliphatic heterocycles. The van der Waals surface area contributed by atoms with Crippen LogP contribution in [-0.2, 0) is 16.7 Å². The summed E-state index contributed by atoms with van der Waals surface area (Å²) in [4.78, 5) is 25.1. The van der Waals surface area contributed by atoms with E-state index < -0.39 is 0 Å². The normalized spacial score (nSPS) is 11.5. The molecule has 0 aliphatic carbocycles. The topological polar surface area (TPSA) is 61.2 Å². The van der Waals surface area contributed by atoms with Crippen LogP contribution in [0.15, 0.2) is 23.0 Å². The van der Waals surface area contributed by atoms with E-state index in [9.17, 15) is 9.59 Å². The van der Waals surface area contributed by atoms with Crippen LogP contribution in [0.5, 0.6) is 0 Å². The second-order valence-corrected chi connectivity index (χ2v) is 7.40. The largest absolute Gasteiger partial charge is 0.465 e. The summed E-state index contributed by atoms with van der Waals surface area (Å²) in [6, 6.07) is 5.07. The third-order valence-electron chi connectivity index (χ3n) is 3.36. The van der Waals surface area contributed by atoms with E-state index in [0.717, 1.165) is 16.1 Å². The van der Waals surface area contributed by atoms with Crippen molar-refractivity contribution >= 4 is 17.3 Å². The monoisotopic (exact) mass is 320 g/mol. The van der Waals surface area contributed by atoms with Gasteiger partial charge >= 0.3 is 5.97 Å². The lowest BCUT2D eigenvalue weighted by molar-refractivity contribution is 0.0606. The number of carbonyl (C=O) groups excluding carboxylic acids is 1. The van der Waals surface area contributed by atoms with Crippen molar-refractivity contribution < 1.29 is 9.53 Å². The number of carbonyl (C=O) groups is 1. The van der Waals surface area contributed by atoms with E-state index in [-0.39, 0.29) is 16.9 Å². The molecular weight excluding hydrogens is 300 g/mol. The fraction of sp³-hybridized carbons (Fsp3) is 0.438. The number of ether oxygens (including phenoxy) is 1. The predicted octanol–water partition coefficient (Wildman–Crippen LogP) is 2.75. The smallest absolute Gasteiger partial charge is 0.348 e. The molecule has 0 spiro atoms. The lowest BCUT2D eigenvalue weighted by Gasteiger charge is -2.18. The molecule has 0 unspecified atom stereocenters. The zero-order chi connectivity index (χ0) is 16.5. The molecule has 2 aromatic heterocycles. The van der Waals surface area contributed by atoms with Crippen LogP contribution < -0.4 is 5.56 Å². The minimum Gasteiger partial charge on any atom is -0.465 e. The van der Waals surface area contributed by atoms with E-state index in [4.69, 9.17) is 4.74 Å². The third kappa shape index (κ3) is 3.44. The lowest BCUT2D eigenvalue weighted by Crippen LogP contribution is -2.27. The van der Waals surface area contributed by atoms with Crippen LogP contribution in [0.2, 0.25) is 0 Å². The maximum atomic E-state index is 12.0. The molecule has 6 heteroatoms. The van der Waals surface area contributed by atoms with Gasteiger partial charge in [0.2, 0.25) is 0 Å². The van der Waals surface area contributed by atoms with Crippen LogP contribution in [-0.4, -0.2) is 22.9 Å². The highest BCUT2D eigenvalue weighted by molar-refractivity contribution is 7.14. The maximum absolute atomic E-state index is 12.0. The van der Waals surface area contributed by atoms with Gasteiger partial charge in [-0.1, -0.05) is 20.8 Å². The number of hydrogen-bond donors (Lipinski definition) is 0. The maximum Gasteiger partial charge on any atom is 0.348 e. The van der Waals surface area contributed by atoms with Gasteiger partial charge < -0.3 is 4.74 Å². The van der Waals surface area contributed by atoms with Crippen LogP contribution in [0.4, 0.5) is 0 Å². The molecule has 0 atom stereocenters. The Morgan fingerprint density at radius 2 is 2.05 bits per heavy atom. The Bertz CT molecular complexity index is 753. The number of hydrogen-bond acceptors (Lipinski definition) is 5. The Morgan fingerprint density at radius 3 is 2.64 bits per heavy atom. The number of methoxy groups -OCH3 is 1. The average Bonchev–Trinajstić information content (AvgIpc) is 2.80. The van der Waals surface area contributed by atoms with Gasteiger partial charge in [0, 0.05) is 16.4 Å². The average molecular weight is 320 g/mol. The number of rotatable bonds is 3. The van der Waals surface area contributed by atoms with Gasteiger partial charge in [0.05, 0.1) is 19.3 Å². The lowest BCUT2D eigenvalue weighted by atomic mass is 9.92. The fourth-order valence-corrected chi connectivity index (χ4v) is 2.95. The molecule has 5 nitrogen and oxygen atoms in total. The fourth-order valence-electron chi connectivity index (χ4n) is 2.00. The summed E-state index contributed by atoms with van der Waals surface area (Å²) in [6.07, 6.45) is 0. The molecule has 0 saturated heterocycles. The molecule has 0 bridgehead atoms. The van der Waals surface area contributed by atoms with Crippen LogP contribution in [0.1, 0.15) is 46.6 Å². The van der Waals surface area contributed by atoms with Crippen LogP contribution >= 0.6 is 11.3 Å². The van der Waals surface area contributed by atoms with Crippen molar-refractivity contribution in [3.63, 3.8) is 0 Å². The summed E-state index contributed by atoms with van der Waals surface area (Å²) in [5.74, 6) is -0.358. The van der Waals surface area contributed by atoms with Crippen molar-refractivity contribution in [1.82, 2.24) is 9.78 Å². The highest BCUT2D eigenvalue weighted by atomic mass is 32.1. The van der Waals surface area contributed by atoms with Crippen molar-refractivity contribution in [2.24, 2.45) is 0 Å². The second kappa shape index (κ2) is 6.04. The molecule has 2 aromatic rings. The van der Waals surface area contributed by atoms with Gasteiger partial charge in [-0.3, -0.25) is 4.79 Å². The number of esters is 1. The van der Waals surface area contributed by atoms with Crippen molar-refractivity contribution in [3.05, 3.63) is 49.6 Å². The minimum absolute atomic E-state index is 0.129. The van der Waals surface area contributed by atoms with Gasteiger partial charge in [-0.15, -0.1) is 11.3 Å². The summed E-state index contributed by atoms with van der Waals surface area (Å²) in [5.41, 5.74) is 1.48. The number of thiophene rings is 1. The Labute approximate surface area is 133 Å². The SMILES string of the molecule is COC(=O)c1cc(Cn2nc(C(C)(C)C)ccc2=O)c(C)s1. The summed E-state index contributed by atoms with van der Waals surface area (Å²) in [5, 5.41) is 4.45. The summed E-state index contributed by atoms with van der Waals surface area (Å²) in [7, 11) is 1.36. The predicted molar refractivity (Wildman–Crippen MR) is 86.7 cm³/mol. The minimum atomic E-state index is -0.358. The van der Waals surface area contributed by atoms with E-state index in [1.165, 1.54) is 29.2 Å². The van der Waals surface area contributed by atoms with E-state index in [1.54, 1.807) is 12.1 Å². The molecule has 0 amide bonds. The van der Waals surface area contributed by atoms with Crippen LogP contribution in [0.3, 0.4) is 0 Å². The third-order valence-corrected chi connectivity index (χ3v) is 4.44. The van der Waals surface area contributed by atoms with Crippen molar-refractivity contribution in [2.75, 3.05) is 7.11 Å². The Hall–Kier alpha value is -1.95. The van der Waals surface area contributed by atoms with Crippen molar-refractivity contribution in [2.45, 2.75) is 39.7 Å². The quantitative estimate of drug-likeness (QED) is 0.816. The van der Waals surface area contributed by atoms with E-state index in [0.29, 0.717) is 11.4 Å². The first-order valence-electron chi connectivity index (χ1n) is 6.98. The molecular formula is C16H20N2O3S. The van der Waals surface area contributed by atoms with Gasteiger partial charge in [-0.2, -0.15) is 5.10 Å². The van der Waals surface area contributed by atoms with Gasteiger partial charge in [-0.25, -0.2) is 9.48 Å². The summed E-state index contributed by atoms with van der Waals surface area (Å²) >= 11 is 1.36. The molecule has 0 N–H and O–H groups in total. The zero-order valence-electron chi connectivity index (χ0n) is 13.5. The Morgan fingerprint density at radius 1 is 1.36 bits per heavy atom. The molecule has 2 heterocycles. The molecule has 0 aromatic carbocycles. The second-order valence-electron chi connectivity index (χ2n) is 6.15. The first kappa shape index (κ1) is 16.4. The molecule has 118 valence electrons. The first-order chi connectivity index (χ1) is 10.2. The number of nitrogens with zero attached hydrogens (tertiary/aromatic N) is 2. The highest BCUT2D eigenvalue weighted by Gasteiger charge is 2.18. The number of aryl methyl sites for hydroxylation is 1. The standard InChI is InChI=1S/C16H20N2O3S/c1-10-11(8-12(22-10)15(20)21-5)9-18-14(19)7-6-13(17-18)16(2,3)4/h6-8H,9H2,1-5H3. The van der Waals surface area contributed by atoms with E-state index >= 15 is 0 Å². The molecule has 22 heavy (non-hydrogen) atoms. The number of aromatic nitrogens is 2. The Balaban J connectivity index is 2.37. The van der Waals surface area contributed by atoms with Crippen LogP contribution in [0.25, 0.3) is 0 Å². The van der Waals surface area contributed by atoms with E-state index in [1.807, 2.05) is 6.92 Å².